The third-order valence-electron chi connectivity index (χ3n) is 5.58. The highest BCUT2D eigenvalue weighted by Gasteiger charge is 2.40. The van der Waals surface area contributed by atoms with Gasteiger partial charge < -0.3 is 10.2 Å². The van der Waals surface area contributed by atoms with Crippen LogP contribution in [-0.2, 0) is 16.0 Å². The van der Waals surface area contributed by atoms with E-state index in [4.69, 9.17) is 10.2 Å². The molecule has 7 heteroatoms. The summed E-state index contributed by atoms with van der Waals surface area (Å²) in [5.41, 5.74) is 3.83. The maximum Gasteiger partial charge on any atom is 0.328 e. The Kier molecular flexibility index (Phi) is 5.61. The molecular formula is C22H26N2O5. The fourth-order valence-electron chi connectivity index (χ4n) is 4.34. The predicted molar refractivity (Wildman–Crippen MR) is 109 cm³/mol. The van der Waals surface area contributed by atoms with E-state index in [1.165, 1.54) is 16.6 Å². The van der Waals surface area contributed by atoms with Gasteiger partial charge in [0, 0.05) is 36.2 Å². The van der Waals surface area contributed by atoms with Gasteiger partial charge in [-0.1, -0.05) is 32.0 Å². The minimum absolute atomic E-state index is 0.0603. The largest absolute Gasteiger partial charge is 0.478 e. The summed E-state index contributed by atoms with van der Waals surface area (Å²) >= 11 is 0. The van der Waals surface area contributed by atoms with Crippen molar-refractivity contribution in [2.45, 2.75) is 39.2 Å². The van der Waals surface area contributed by atoms with E-state index in [-0.39, 0.29) is 11.3 Å². The highest BCUT2D eigenvalue weighted by atomic mass is 16.4. The van der Waals surface area contributed by atoms with E-state index in [0.717, 1.165) is 24.9 Å². The highest BCUT2D eigenvalue weighted by molar-refractivity contribution is 5.97. The number of carbonyl (C=O) groups excluding carboxylic acids is 1. The second kappa shape index (κ2) is 7.83. The van der Waals surface area contributed by atoms with E-state index < -0.39 is 11.9 Å². The van der Waals surface area contributed by atoms with E-state index in [2.05, 4.69) is 44.0 Å². The normalized spacial score (nSPS) is 20.7. The summed E-state index contributed by atoms with van der Waals surface area (Å²) in [7, 11) is 2.20. The van der Waals surface area contributed by atoms with E-state index in [0.29, 0.717) is 24.6 Å². The number of nitrogens with zero attached hydrogens (tertiary/aromatic N) is 2. The van der Waals surface area contributed by atoms with Gasteiger partial charge in [-0.05, 0) is 36.9 Å². The smallest absolute Gasteiger partial charge is 0.328 e. The van der Waals surface area contributed by atoms with Gasteiger partial charge in [-0.3, -0.25) is 14.3 Å². The lowest BCUT2D eigenvalue weighted by Crippen LogP contribution is -2.34. The van der Waals surface area contributed by atoms with Crippen molar-refractivity contribution >= 4 is 28.7 Å². The number of carboxylic acids is 2. The number of aromatic nitrogens is 1. The Bertz CT molecular complexity index is 986. The molecule has 29 heavy (non-hydrogen) atoms. The zero-order valence-electron chi connectivity index (χ0n) is 16.9. The number of carbonyl (C=O) groups is 3. The predicted octanol–water partition coefficient (Wildman–Crippen LogP) is 3.34. The number of benzene rings is 1. The molecule has 2 N–H and O–H groups in total. The van der Waals surface area contributed by atoms with Crippen LogP contribution in [0.3, 0.4) is 0 Å². The topological polar surface area (TPSA) is 99.8 Å². The molecule has 2 aliphatic heterocycles. The van der Waals surface area contributed by atoms with Crippen molar-refractivity contribution in [3.63, 3.8) is 0 Å². The summed E-state index contributed by atoms with van der Waals surface area (Å²) in [5, 5.41) is 16.9. The lowest BCUT2D eigenvalue weighted by atomic mass is 9.80. The third-order valence-corrected chi connectivity index (χ3v) is 5.58. The van der Waals surface area contributed by atoms with Crippen molar-refractivity contribution in [1.29, 1.82) is 0 Å². The van der Waals surface area contributed by atoms with Crippen molar-refractivity contribution in [1.82, 2.24) is 9.47 Å². The number of carboxylic acid groups (broad SMARTS) is 2. The van der Waals surface area contributed by atoms with E-state index in [9.17, 15) is 14.4 Å². The number of hydrogen-bond donors (Lipinski definition) is 2. The van der Waals surface area contributed by atoms with Crippen LogP contribution in [0, 0.1) is 5.41 Å². The first-order chi connectivity index (χ1) is 13.6. The maximum absolute atomic E-state index is 12.9. The van der Waals surface area contributed by atoms with E-state index in [1.807, 2.05) is 10.6 Å². The molecule has 1 atom stereocenters. The summed E-state index contributed by atoms with van der Waals surface area (Å²) in [6.45, 7) is 5.53. The number of likely N-dealkylation sites (N-methyl/N-ethyl adjacent to an activating group) is 1. The number of fused-ring (bicyclic) bond motifs is 3. The fourth-order valence-corrected chi connectivity index (χ4v) is 4.34. The monoisotopic (exact) mass is 398 g/mol. The number of hydrogen-bond acceptors (Lipinski definition) is 4. The number of para-hydroxylation sites is 1. The summed E-state index contributed by atoms with van der Waals surface area (Å²) in [6, 6.07) is 8.76. The average Bonchev–Trinajstić information content (AvgIpc) is 2.91. The zero-order valence-corrected chi connectivity index (χ0v) is 16.9. The summed E-state index contributed by atoms with van der Waals surface area (Å²) in [6.07, 6.45) is 3.84. The van der Waals surface area contributed by atoms with Crippen molar-refractivity contribution in [2.24, 2.45) is 5.41 Å². The van der Waals surface area contributed by atoms with Crippen LogP contribution in [0.15, 0.2) is 36.4 Å². The van der Waals surface area contributed by atoms with Gasteiger partial charge in [-0.2, -0.15) is 0 Å². The van der Waals surface area contributed by atoms with Gasteiger partial charge in [0.1, 0.15) is 0 Å². The summed E-state index contributed by atoms with van der Waals surface area (Å²) in [4.78, 5) is 34.4. The highest BCUT2D eigenvalue weighted by Crippen LogP contribution is 2.45. The lowest BCUT2D eigenvalue weighted by Gasteiger charge is -2.36. The van der Waals surface area contributed by atoms with Gasteiger partial charge in [0.25, 0.3) is 0 Å². The molecule has 0 fully saturated rings. The van der Waals surface area contributed by atoms with Crippen LogP contribution in [-0.4, -0.2) is 51.1 Å². The van der Waals surface area contributed by atoms with Crippen LogP contribution in [0.4, 0.5) is 0 Å². The fraction of sp³-hybridized carbons (Fsp3) is 0.409. The Morgan fingerprint density at radius 1 is 1.14 bits per heavy atom. The van der Waals surface area contributed by atoms with Gasteiger partial charge in [-0.15, -0.1) is 0 Å². The number of rotatable bonds is 2. The molecule has 2 aliphatic rings. The molecule has 0 saturated carbocycles. The molecule has 1 unspecified atom stereocenters. The molecule has 0 saturated heterocycles. The Labute approximate surface area is 169 Å². The molecule has 7 nitrogen and oxygen atoms in total. The van der Waals surface area contributed by atoms with Crippen molar-refractivity contribution in [3.05, 3.63) is 47.7 Å². The van der Waals surface area contributed by atoms with Crippen molar-refractivity contribution in [2.75, 3.05) is 13.6 Å². The first-order valence-electron chi connectivity index (χ1n) is 9.60. The van der Waals surface area contributed by atoms with Gasteiger partial charge >= 0.3 is 11.9 Å². The Balaban J connectivity index is 0.000000258. The quantitative estimate of drug-likeness (QED) is 0.753. The summed E-state index contributed by atoms with van der Waals surface area (Å²) < 4.78 is 2.03. The second-order valence-electron chi connectivity index (χ2n) is 8.41. The molecule has 2 aromatic rings. The van der Waals surface area contributed by atoms with Gasteiger partial charge in [0.15, 0.2) is 0 Å². The Morgan fingerprint density at radius 3 is 2.38 bits per heavy atom. The van der Waals surface area contributed by atoms with Gasteiger partial charge in [0.2, 0.25) is 5.91 Å². The first kappa shape index (κ1) is 20.8. The molecule has 0 bridgehead atoms. The van der Waals surface area contributed by atoms with Crippen molar-refractivity contribution < 1.29 is 24.6 Å². The van der Waals surface area contributed by atoms with Gasteiger partial charge in [-0.25, -0.2) is 9.59 Å². The minimum Gasteiger partial charge on any atom is -0.478 e. The SMILES string of the molecule is CN1CCc2c3n(c4ccccc24)C(=O)CC(C)(C)CC31.O=C(O)/C=C/C(=O)O. The lowest BCUT2D eigenvalue weighted by molar-refractivity contribution is -0.134. The molecule has 3 heterocycles. The van der Waals surface area contributed by atoms with Crippen LogP contribution in [0.1, 0.15) is 48.8 Å². The molecule has 0 radical (unpaired) electrons. The van der Waals surface area contributed by atoms with Crippen molar-refractivity contribution in [3.8, 4) is 0 Å². The van der Waals surface area contributed by atoms with Crippen LogP contribution >= 0.6 is 0 Å². The second-order valence-corrected chi connectivity index (χ2v) is 8.41. The molecule has 4 rings (SSSR count). The standard InChI is InChI=1S/C18H22N2O.C4H4O4/c1-18(2)10-15-17-13(8-9-19(15)3)12-6-4-5-7-14(12)20(17)16(21)11-18;5-3(6)1-2-4(7)8/h4-7,15H,8-11H2,1-3H3;1-2H,(H,5,6)(H,7,8)/b;2-1+. The number of aliphatic carboxylic acids is 2. The van der Waals surface area contributed by atoms with Crippen LogP contribution in [0.25, 0.3) is 10.9 Å². The van der Waals surface area contributed by atoms with E-state index >= 15 is 0 Å². The molecule has 0 amide bonds. The van der Waals surface area contributed by atoms with Crippen LogP contribution in [0.2, 0.25) is 0 Å². The third kappa shape index (κ3) is 4.24. The Morgan fingerprint density at radius 2 is 1.76 bits per heavy atom. The molecule has 1 aromatic carbocycles. The molecule has 154 valence electrons. The minimum atomic E-state index is -1.26. The maximum atomic E-state index is 12.9. The molecular weight excluding hydrogens is 372 g/mol. The first-order valence-corrected chi connectivity index (χ1v) is 9.60. The average molecular weight is 398 g/mol. The van der Waals surface area contributed by atoms with Crippen LogP contribution < -0.4 is 0 Å². The molecule has 0 aliphatic carbocycles. The molecule has 1 aromatic heterocycles. The van der Waals surface area contributed by atoms with E-state index in [1.54, 1.807) is 0 Å². The Hall–Kier alpha value is -2.93. The zero-order chi connectivity index (χ0) is 21.3. The van der Waals surface area contributed by atoms with Crippen LogP contribution in [0.5, 0.6) is 0 Å². The summed E-state index contributed by atoms with van der Waals surface area (Å²) in [5.74, 6) is -2.25. The molecule has 0 spiro atoms. The van der Waals surface area contributed by atoms with Gasteiger partial charge in [0.05, 0.1) is 11.6 Å².